The van der Waals surface area contributed by atoms with Crippen LogP contribution in [0.15, 0.2) is 53.5 Å². The van der Waals surface area contributed by atoms with Crippen molar-refractivity contribution in [3.63, 3.8) is 0 Å². The van der Waals surface area contributed by atoms with Crippen molar-refractivity contribution in [2.45, 2.75) is 19.3 Å². The SMILES string of the molecule is COC(=O)CCCN=C1Cc2ccccc2N(C(N)=O)c2ccccc21. The number of hydrogen-bond acceptors (Lipinski definition) is 4. The predicted molar refractivity (Wildman–Crippen MR) is 101 cm³/mol. The summed E-state index contributed by atoms with van der Waals surface area (Å²) in [5, 5.41) is 0. The third kappa shape index (κ3) is 3.59. The summed E-state index contributed by atoms with van der Waals surface area (Å²) in [4.78, 5) is 29.7. The number of rotatable bonds is 4. The van der Waals surface area contributed by atoms with Gasteiger partial charge in [0.1, 0.15) is 0 Å². The lowest BCUT2D eigenvalue weighted by atomic mass is 10.0. The highest BCUT2D eigenvalue weighted by molar-refractivity contribution is 6.13. The highest BCUT2D eigenvalue weighted by atomic mass is 16.5. The Balaban J connectivity index is 2.00. The Morgan fingerprint density at radius 3 is 2.54 bits per heavy atom. The van der Waals surface area contributed by atoms with Crippen molar-refractivity contribution in [1.29, 1.82) is 0 Å². The zero-order valence-corrected chi connectivity index (χ0v) is 14.6. The second-order valence-corrected chi connectivity index (χ2v) is 6.00. The molecule has 2 amide bonds. The first kappa shape index (κ1) is 17.7. The van der Waals surface area contributed by atoms with Crippen molar-refractivity contribution in [2.75, 3.05) is 18.6 Å². The maximum Gasteiger partial charge on any atom is 0.323 e. The zero-order chi connectivity index (χ0) is 18.5. The number of nitrogens with zero attached hydrogens (tertiary/aromatic N) is 2. The molecule has 2 aromatic rings. The number of carbonyl (C=O) groups excluding carboxylic acids is 2. The number of urea groups is 1. The molecule has 0 saturated carbocycles. The molecule has 134 valence electrons. The fourth-order valence-corrected chi connectivity index (χ4v) is 3.11. The summed E-state index contributed by atoms with van der Waals surface area (Å²) in [7, 11) is 1.38. The molecule has 6 nitrogen and oxygen atoms in total. The molecule has 0 unspecified atom stereocenters. The Hall–Kier alpha value is -3.15. The van der Waals surface area contributed by atoms with Gasteiger partial charge in [-0.05, 0) is 24.1 Å². The summed E-state index contributed by atoms with van der Waals surface area (Å²) in [5.74, 6) is -0.239. The lowest BCUT2D eigenvalue weighted by Crippen LogP contribution is -2.32. The molecular weight excluding hydrogens is 330 g/mol. The summed E-state index contributed by atoms with van der Waals surface area (Å²) < 4.78 is 4.66. The number of esters is 1. The summed E-state index contributed by atoms with van der Waals surface area (Å²) >= 11 is 0. The van der Waals surface area contributed by atoms with E-state index in [1.54, 1.807) is 0 Å². The van der Waals surface area contributed by atoms with Gasteiger partial charge >= 0.3 is 12.0 Å². The van der Waals surface area contributed by atoms with Crippen LogP contribution in [0.5, 0.6) is 0 Å². The van der Waals surface area contributed by atoms with Crippen LogP contribution in [0.3, 0.4) is 0 Å². The third-order valence-electron chi connectivity index (χ3n) is 4.34. The van der Waals surface area contributed by atoms with Crippen LogP contribution in [-0.2, 0) is 16.0 Å². The summed E-state index contributed by atoms with van der Waals surface area (Å²) in [6.45, 7) is 0.511. The zero-order valence-electron chi connectivity index (χ0n) is 14.6. The van der Waals surface area contributed by atoms with E-state index in [1.807, 2.05) is 48.5 Å². The van der Waals surface area contributed by atoms with Gasteiger partial charge in [-0.1, -0.05) is 36.4 Å². The molecule has 0 saturated heterocycles. The summed E-state index contributed by atoms with van der Waals surface area (Å²) in [6, 6.07) is 14.7. The van der Waals surface area contributed by atoms with Crippen LogP contribution >= 0.6 is 0 Å². The smallest absolute Gasteiger partial charge is 0.323 e. The van der Waals surface area contributed by atoms with Crippen LogP contribution in [0.4, 0.5) is 16.2 Å². The molecule has 0 fully saturated rings. The van der Waals surface area contributed by atoms with Crippen LogP contribution in [0.1, 0.15) is 24.0 Å². The van der Waals surface area contributed by atoms with E-state index in [-0.39, 0.29) is 5.97 Å². The van der Waals surface area contributed by atoms with Crippen molar-refractivity contribution in [2.24, 2.45) is 10.7 Å². The van der Waals surface area contributed by atoms with Crippen molar-refractivity contribution >= 4 is 29.1 Å². The second kappa shape index (κ2) is 7.82. The molecule has 1 heterocycles. The number of methoxy groups -OCH3 is 1. The van der Waals surface area contributed by atoms with Gasteiger partial charge in [0.25, 0.3) is 0 Å². The number of hydrogen-bond donors (Lipinski definition) is 1. The van der Waals surface area contributed by atoms with Gasteiger partial charge in [-0.25, -0.2) is 4.79 Å². The Kier molecular flexibility index (Phi) is 5.31. The number of anilines is 2. The number of aliphatic imine (C=N–C) groups is 1. The lowest BCUT2D eigenvalue weighted by Gasteiger charge is -2.22. The van der Waals surface area contributed by atoms with Crippen LogP contribution in [0, 0.1) is 0 Å². The maximum atomic E-state index is 12.2. The maximum absolute atomic E-state index is 12.2. The molecule has 6 heteroatoms. The topological polar surface area (TPSA) is 85.0 Å². The van der Waals surface area contributed by atoms with E-state index in [0.29, 0.717) is 25.8 Å². The Labute approximate surface area is 152 Å². The number of nitrogens with two attached hydrogens (primary N) is 1. The molecule has 0 radical (unpaired) electrons. The van der Waals surface area contributed by atoms with E-state index in [1.165, 1.54) is 12.0 Å². The highest BCUT2D eigenvalue weighted by Gasteiger charge is 2.26. The second-order valence-electron chi connectivity index (χ2n) is 6.00. The first-order valence-electron chi connectivity index (χ1n) is 8.49. The highest BCUT2D eigenvalue weighted by Crippen LogP contribution is 2.35. The van der Waals surface area contributed by atoms with Gasteiger partial charge in [0.2, 0.25) is 0 Å². The number of fused-ring (bicyclic) bond motifs is 2. The minimum Gasteiger partial charge on any atom is -0.469 e. The molecule has 0 aromatic heterocycles. The molecule has 2 N–H and O–H groups in total. The average molecular weight is 351 g/mol. The van der Waals surface area contributed by atoms with Gasteiger partial charge in [-0.2, -0.15) is 0 Å². The van der Waals surface area contributed by atoms with Crippen molar-refractivity contribution < 1.29 is 14.3 Å². The largest absolute Gasteiger partial charge is 0.469 e. The quantitative estimate of drug-likeness (QED) is 0.678. The normalized spacial score (nSPS) is 14.3. The molecule has 3 rings (SSSR count). The lowest BCUT2D eigenvalue weighted by molar-refractivity contribution is -0.140. The van der Waals surface area contributed by atoms with Gasteiger partial charge in [-0.15, -0.1) is 0 Å². The summed E-state index contributed by atoms with van der Waals surface area (Å²) in [5.41, 5.74) is 9.90. The Morgan fingerprint density at radius 2 is 1.81 bits per heavy atom. The Morgan fingerprint density at radius 1 is 1.12 bits per heavy atom. The van der Waals surface area contributed by atoms with Crippen molar-refractivity contribution in [3.05, 3.63) is 59.7 Å². The van der Waals surface area contributed by atoms with E-state index in [9.17, 15) is 9.59 Å². The average Bonchev–Trinajstić information content (AvgIpc) is 2.79. The van der Waals surface area contributed by atoms with E-state index in [0.717, 1.165) is 28.2 Å². The number of amides is 2. The van der Waals surface area contributed by atoms with E-state index >= 15 is 0 Å². The Bertz CT molecular complexity index is 861. The monoisotopic (exact) mass is 351 g/mol. The van der Waals surface area contributed by atoms with Gasteiger partial charge in [0, 0.05) is 30.7 Å². The fraction of sp³-hybridized carbons (Fsp3) is 0.250. The van der Waals surface area contributed by atoms with Gasteiger partial charge in [0.05, 0.1) is 18.5 Å². The first-order chi connectivity index (χ1) is 12.6. The van der Waals surface area contributed by atoms with Crippen LogP contribution < -0.4 is 10.6 Å². The van der Waals surface area contributed by atoms with Gasteiger partial charge < -0.3 is 10.5 Å². The molecule has 1 aliphatic heterocycles. The standard InChI is InChI=1S/C20H21N3O3/c1-26-19(24)11-6-12-22-16-13-14-7-2-4-9-17(14)23(20(21)25)18-10-5-3-8-15(16)18/h2-5,7-10H,6,11-13H2,1H3,(H2,21,25). The minimum absolute atomic E-state index is 0.239. The fourth-order valence-electron chi connectivity index (χ4n) is 3.11. The van der Waals surface area contributed by atoms with Gasteiger partial charge in [-0.3, -0.25) is 14.7 Å². The van der Waals surface area contributed by atoms with Crippen LogP contribution in [-0.4, -0.2) is 31.4 Å². The number of primary amides is 1. The predicted octanol–water partition coefficient (Wildman–Crippen LogP) is 3.20. The molecule has 1 aliphatic rings. The van der Waals surface area contributed by atoms with Gasteiger partial charge in [0.15, 0.2) is 0 Å². The van der Waals surface area contributed by atoms with E-state index < -0.39 is 6.03 Å². The number of para-hydroxylation sites is 2. The van der Waals surface area contributed by atoms with E-state index in [4.69, 9.17) is 10.7 Å². The van der Waals surface area contributed by atoms with Crippen LogP contribution in [0.25, 0.3) is 0 Å². The molecule has 26 heavy (non-hydrogen) atoms. The molecule has 0 spiro atoms. The number of ether oxygens (including phenoxy) is 1. The minimum atomic E-state index is -0.531. The molecular formula is C20H21N3O3. The molecule has 0 atom stereocenters. The molecule has 0 bridgehead atoms. The summed E-state index contributed by atoms with van der Waals surface area (Å²) in [6.07, 6.45) is 1.54. The van der Waals surface area contributed by atoms with Crippen LogP contribution in [0.2, 0.25) is 0 Å². The number of carbonyl (C=O) groups is 2. The number of benzene rings is 2. The first-order valence-corrected chi connectivity index (χ1v) is 8.49. The van der Waals surface area contributed by atoms with E-state index in [2.05, 4.69) is 4.74 Å². The molecule has 2 aromatic carbocycles. The van der Waals surface area contributed by atoms with Crippen molar-refractivity contribution in [3.8, 4) is 0 Å². The third-order valence-corrected chi connectivity index (χ3v) is 4.34. The van der Waals surface area contributed by atoms with Crippen molar-refractivity contribution in [1.82, 2.24) is 0 Å². The molecule has 0 aliphatic carbocycles.